The number of hydrogen-bond donors (Lipinski definition) is 0. The molecule has 0 fully saturated rings. The van der Waals surface area contributed by atoms with Gasteiger partial charge in [-0.1, -0.05) is 24.3 Å². The highest BCUT2D eigenvalue weighted by molar-refractivity contribution is 6.22. The lowest BCUT2D eigenvalue weighted by atomic mass is 10.1. The maximum atomic E-state index is 12.2. The highest BCUT2D eigenvalue weighted by Gasteiger charge is 2.37. The molecular weight excluding hydrogens is 420 g/mol. The molecule has 2 aromatic rings. The number of amides is 4. The third-order valence-electron chi connectivity index (χ3n) is 5.00. The third-order valence-corrected chi connectivity index (χ3v) is 5.00. The van der Waals surface area contributed by atoms with Crippen LogP contribution < -0.4 is 0 Å². The Balaban J connectivity index is 1.21. The summed E-state index contributed by atoms with van der Waals surface area (Å²) in [6.07, 6.45) is -0.742. The molecule has 162 valence electrons. The summed E-state index contributed by atoms with van der Waals surface area (Å²) in [5.74, 6) is -3.92. The molecule has 0 N–H and O–H groups in total. The van der Waals surface area contributed by atoms with Crippen molar-refractivity contribution in [2.45, 2.75) is 12.8 Å². The van der Waals surface area contributed by atoms with Crippen LogP contribution in [0.2, 0.25) is 0 Å². The number of hydrogen-bond acceptors (Lipinski definition) is 8. The number of rotatable bonds is 7. The molecule has 2 aliphatic heterocycles. The number of fused-ring (bicyclic) bond motifs is 2. The van der Waals surface area contributed by atoms with Crippen LogP contribution in [0.1, 0.15) is 54.3 Å². The van der Waals surface area contributed by atoms with Gasteiger partial charge in [0, 0.05) is 0 Å². The van der Waals surface area contributed by atoms with E-state index in [9.17, 15) is 28.8 Å². The van der Waals surface area contributed by atoms with Crippen LogP contribution in [0.3, 0.4) is 0 Å². The Bertz CT molecular complexity index is 1010. The summed E-state index contributed by atoms with van der Waals surface area (Å²) in [5, 5.41) is 0. The largest absolute Gasteiger partial charge is 0.444 e. The first-order valence-electron chi connectivity index (χ1n) is 9.60. The lowest BCUT2D eigenvalue weighted by Crippen LogP contribution is -2.34. The zero-order valence-corrected chi connectivity index (χ0v) is 16.6. The van der Waals surface area contributed by atoms with Gasteiger partial charge in [0.15, 0.2) is 13.5 Å². The van der Waals surface area contributed by atoms with E-state index in [1.165, 1.54) is 24.3 Å². The minimum absolute atomic E-state index is 0.227. The van der Waals surface area contributed by atoms with E-state index in [0.717, 1.165) is 9.80 Å². The first kappa shape index (κ1) is 20.9. The first-order valence-corrected chi connectivity index (χ1v) is 9.60. The summed E-state index contributed by atoms with van der Waals surface area (Å²) < 4.78 is 9.84. The van der Waals surface area contributed by atoms with Crippen LogP contribution in [0.15, 0.2) is 48.5 Å². The fourth-order valence-electron chi connectivity index (χ4n) is 3.33. The van der Waals surface area contributed by atoms with Gasteiger partial charge in [-0.15, -0.1) is 0 Å². The van der Waals surface area contributed by atoms with Gasteiger partial charge in [0.05, 0.1) is 35.1 Å². The van der Waals surface area contributed by atoms with Crippen LogP contribution in [0.4, 0.5) is 0 Å². The van der Waals surface area contributed by atoms with E-state index < -0.39 is 49.0 Å². The third kappa shape index (κ3) is 3.73. The summed E-state index contributed by atoms with van der Waals surface area (Å²) >= 11 is 0. The molecule has 0 spiro atoms. The van der Waals surface area contributed by atoms with E-state index in [-0.39, 0.29) is 35.1 Å². The quantitative estimate of drug-likeness (QED) is 0.470. The van der Waals surface area contributed by atoms with Gasteiger partial charge >= 0.3 is 11.9 Å². The van der Waals surface area contributed by atoms with E-state index in [0.29, 0.717) is 0 Å². The zero-order chi connectivity index (χ0) is 22.8. The highest BCUT2D eigenvalue weighted by atomic mass is 16.6. The molecule has 4 amide bonds. The molecule has 0 aromatic heterocycles. The van der Waals surface area contributed by atoms with Gasteiger partial charge < -0.3 is 9.47 Å². The molecule has 0 radical (unpaired) electrons. The van der Waals surface area contributed by atoms with E-state index in [4.69, 9.17) is 9.47 Å². The summed E-state index contributed by atoms with van der Waals surface area (Å²) in [6, 6.07) is 12.5. The molecule has 0 bridgehead atoms. The Morgan fingerprint density at radius 2 is 0.844 bits per heavy atom. The number of esters is 2. The maximum absolute atomic E-state index is 12.2. The van der Waals surface area contributed by atoms with Crippen molar-refractivity contribution in [1.82, 2.24) is 9.80 Å². The molecule has 0 unspecified atom stereocenters. The Morgan fingerprint density at radius 3 is 1.12 bits per heavy atom. The normalized spacial score (nSPS) is 14.5. The Kier molecular flexibility index (Phi) is 5.50. The fraction of sp³-hybridized carbons (Fsp3) is 0.182. The summed E-state index contributed by atoms with van der Waals surface area (Å²) in [7, 11) is 0. The Labute approximate surface area is 181 Å². The summed E-state index contributed by atoms with van der Waals surface area (Å²) in [6.45, 7) is -1.15. The topological polar surface area (TPSA) is 127 Å². The number of benzene rings is 2. The average molecular weight is 436 g/mol. The molecule has 4 rings (SSSR count). The average Bonchev–Trinajstić information content (AvgIpc) is 3.20. The van der Waals surface area contributed by atoms with E-state index in [1.807, 2.05) is 0 Å². The number of nitrogens with zero attached hydrogens (tertiary/aromatic N) is 2. The molecule has 10 heteroatoms. The smallest absolute Gasteiger partial charge is 0.308 e. The van der Waals surface area contributed by atoms with E-state index in [1.54, 1.807) is 24.3 Å². The predicted molar refractivity (Wildman–Crippen MR) is 105 cm³/mol. The van der Waals surface area contributed by atoms with Crippen LogP contribution in [-0.4, -0.2) is 58.8 Å². The molecular formula is C22H16N2O8. The predicted octanol–water partition coefficient (Wildman–Crippen LogP) is 1.36. The molecule has 2 aromatic carbocycles. The second kappa shape index (κ2) is 8.42. The highest BCUT2D eigenvalue weighted by Crippen LogP contribution is 2.23. The van der Waals surface area contributed by atoms with Gasteiger partial charge in [0.1, 0.15) is 0 Å². The first-order chi connectivity index (χ1) is 15.4. The molecule has 0 aliphatic carbocycles. The molecule has 0 atom stereocenters. The Morgan fingerprint density at radius 1 is 0.562 bits per heavy atom. The monoisotopic (exact) mass is 436 g/mol. The van der Waals surface area contributed by atoms with E-state index >= 15 is 0 Å². The lowest BCUT2D eigenvalue weighted by Gasteiger charge is -2.15. The van der Waals surface area contributed by atoms with Gasteiger partial charge in [-0.25, -0.2) is 9.80 Å². The molecule has 2 aliphatic rings. The van der Waals surface area contributed by atoms with Gasteiger partial charge in [0.2, 0.25) is 0 Å². The Hall–Kier alpha value is -4.34. The second-order valence-electron chi connectivity index (χ2n) is 6.96. The van der Waals surface area contributed by atoms with Crippen molar-refractivity contribution in [2.75, 3.05) is 13.5 Å². The lowest BCUT2D eigenvalue weighted by molar-refractivity contribution is -0.153. The van der Waals surface area contributed by atoms with Crippen molar-refractivity contribution < 1.29 is 38.2 Å². The molecule has 32 heavy (non-hydrogen) atoms. The van der Waals surface area contributed by atoms with Crippen LogP contribution in [0.25, 0.3) is 0 Å². The zero-order valence-electron chi connectivity index (χ0n) is 16.6. The van der Waals surface area contributed by atoms with Crippen LogP contribution in [0, 0.1) is 0 Å². The van der Waals surface area contributed by atoms with Crippen molar-refractivity contribution in [2.24, 2.45) is 0 Å². The van der Waals surface area contributed by atoms with Gasteiger partial charge in [-0.3, -0.25) is 28.8 Å². The standard InChI is InChI=1S/C22H16N2O8/c25-17(31-11-23-19(27)13-5-1-2-6-14(13)20(23)28)9-10-18(26)32-12-24-21(29)15-7-3-4-8-16(15)22(24)30/h1-8H,9-12H2. The summed E-state index contributed by atoms with van der Waals surface area (Å²) in [5.41, 5.74) is 0.908. The number of carbonyl (C=O) groups is 6. The molecule has 0 saturated heterocycles. The van der Waals surface area contributed by atoms with Crippen LogP contribution >= 0.6 is 0 Å². The number of carbonyl (C=O) groups excluding carboxylic acids is 6. The van der Waals surface area contributed by atoms with Gasteiger partial charge in [-0.2, -0.15) is 0 Å². The molecule has 2 heterocycles. The van der Waals surface area contributed by atoms with Crippen LogP contribution in [0.5, 0.6) is 0 Å². The number of imide groups is 2. The van der Waals surface area contributed by atoms with Crippen LogP contribution in [-0.2, 0) is 19.1 Å². The second-order valence-corrected chi connectivity index (χ2v) is 6.96. The fourth-order valence-corrected chi connectivity index (χ4v) is 3.33. The van der Waals surface area contributed by atoms with Crippen molar-refractivity contribution >= 4 is 35.6 Å². The van der Waals surface area contributed by atoms with Crippen molar-refractivity contribution in [3.05, 3.63) is 70.8 Å². The maximum Gasteiger partial charge on any atom is 0.308 e. The van der Waals surface area contributed by atoms with Crippen molar-refractivity contribution in [3.63, 3.8) is 0 Å². The summed E-state index contributed by atoms with van der Waals surface area (Å²) in [4.78, 5) is 74.2. The van der Waals surface area contributed by atoms with Crippen molar-refractivity contribution in [3.8, 4) is 0 Å². The van der Waals surface area contributed by atoms with E-state index in [2.05, 4.69) is 0 Å². The SMILES string of the molecule is O=C(CCC(=O)OCN1C(=O)c2ccccc2C1=O)OCN1C(=O)c2ccccc2C1=O. The van der Waals surface area contributed by atoms with Crippen molar-refractivity contribution in [1.29, 1.82) is 0 Å². The molecule has 0 saturated carbocycles. The molecule has 10 nitrogen and oxygen atoms in total. The minimum atomic E-state index is -0.820. The van der Waals surface area contributed by atoms with Gasteiger partial charge in [0.25, 0.3) is 23.6 Å². The van der Waals surface area contributed by atoms with Gasteiger partial charge in [-0.05, 0) is 24.3 Å². The minimum Gasteiger partial charge on any atom is -0.444 e. The number of ether oxygens (including phenoxy) is 2.